The van der Waals surface area contributed by atoms with Crippen LogP contribution in [0.25, 0.3) is 21.2 Å². The van der Waals surface area contributed by atoms with Crippen LogP contribution in [0.2, 0.25) is 5.02 Å². The van der Waals surface area contributed by atoms with Crippen molar-refractivity contribution in [3.05, 3.63) is 88.0 Å². The van der Waals surface area contributed by atoms with Crippen LogP contribution in [0.4, 0.5) is 8.78 Å². The van der Waals surface area contributed by atoms with Gasteiger partial charge in [0.2, 0.25) is 0 Å². The van der Waals surface area contributed by atoms with Crippen molar-refractivity contribution >= 4 is 38.9 Å². The highest BCUT2D eigenvalue weighted by Crippen LogP contribution is 2.40. The molecule has 1 aliphatic carbocycles. The first-order valence-electron chi connectivity index (χ1n) is 11.4. The van der Waals surface area contributed by atoms with Gasteiger partial charge in [0.25, 0.3) is 5.91 Å². The van der Waals surface area contributed by atoms with Crippen LogP contribution < -0.4 is 0 Å². The quantitative estimate of drug-likeness (QED) is 0.281. The van der Waals surface area contributed by atoms with Gasteiger partial charge in [-0.2, -0.15) is 0 Å². The van der Waals surface area contributed by atoms with Crippen molar-refractivity contribution in [2.75, 3.05) is 0 Å². The molecule has 4 aromatic rings. The molecule has 0 N–H and O–H groups in total. The summed E-state index contributed by atoms with van der Waals surface area (Å²) in [6.45, 7) is 0.401. The second-order valence-corrected chi connectivity index (χ2v) is 10.0. The lowest BCUT2D eigenvalue weighted by Gasteiger charge is -2.34. The third-order valence-electron chi connectivity index (χ3n) is 6.45. The second kappa shape index (κ2) is 9.80. The van der Waals surface area contributed by atoms with E-state index in [0.717, 1.165) is 72.3 Å². The van der Waals surface area contributed by atoms with E-state index in [2.05, 4.69) is 11.1 Å². The standard InChI is InChI=1S/C27H23ClF2N2OS/c28-24-23-21(29)9-10-22(30)25(23)34-26(24)27(33)32(20-7-2-1-3-8-20)16-17-5-4-6-19(15-17)18-11-13-31-14-12-18/h4-6,9-15,20H,1-3,7-8,16H2. The van der Waals surface area contributed by atoms with E-state index in [1.54, 1.807) is 12.4 Å². The fourth-order valence-electron chi connectivity index (χ4n) is 4.72. The summed E-state index contributed by atoms with van der Waals surface area (Å²) in [5, 5.41) is -0.0216. The Morgan fingerprint density at radius 3 is 2.47 bits per heavy atom. The Hall–Kier alpha value is -2.83. The summed E-state index contributed by atoms with van der Waals surface area (Å²) in [4.78, 5) is 19.9. The molecule has 1 aliphatic rings. The van der Waals surface area contributed by atoms with Gasteiger partial charge < -0.3 is 4.90 Å². The van der Waals surface area contributed by atoms with Gasteiger partial charge in [0.15, 0.2) is 0 Å². The van der Waals surface area contributed by atoms with Crippen molar-refractivity contribution in [2.24, 2.45) is 0 Å². The number of rotatable bonds is 5. The number of thiophene rings is 1. The first-order chi connectivity index (χ1) is 16.5. The van der Waals surface area contributed by atoms with Crippen LogP contribution in [0.15, 0.2) is 60.9 Å². The lowest BCUT2D eigenvalue weighted by atomic mass is 9.93. The van der Waals surface area contributed by atoms with Crippen LogP contribution in [0, 0.1) is 11.6 Å². The molecule has 0 atom stereocenters. The zero-order valence-electron chi connectivity index (χ0n) is 18.4. The largest absolute Gasteiger partial charge is 0.331 e. The highest BCUT2D eigenvalue weighted by molar-refractivity contribution is 7.21. The average molecular weight is 497 g/mol. The van der Waals surface area contributed by atoms with Crippen LogP contribution in [0.1, 0.15) is 47.3 Å². The number of pyridine rings is 1. The van der Waals surface area contributed by atoms with E-state index < -0.39 is 11.6 Å². The summed E-state index contributed by atoms with van der Waals surface area (Å²) in [6, 6.07) is 14.2. The minimum atomic E-state index is -0.619. The molecule has 3 nitrogen and oxygen atoms in total. The number of carbonyl (C=O) groups excluding carboxylic acids is 1. The smallest absolute Gasteiger partial charge is 0.266 e. The number of carbonyl (C=O) groups is 1. The fourth-order valence-corrected chi connectivity index (χ4v) is 6.22. The van der Waals surface area contributed by atoms with Crippen molar-refractivity contribution in [3.8, 4) is 11.1 Å². The van der Waals surface area contributed by atoms with Gasteiger partial charge in [-0.15, -0.1) is 11.3 Å². The molecular weight excluding hydrogens is 474 g/mol. The number of benzene rings is 2. The third kappa shape index (κ3) is 4.44. The Morgan fingerprint density at radius 2 is 1.74 bits per heavy atom. The maximum atomic E-state index is 14.4. The number of fused-ring (bicyclic) bond motifs is 1. The number of hydrogen-bond acceptors (Lipinski definition) is 3. The first-order valence-corrected chi connectivity index (χ1v) is 12.6. The predicted octanol–water partition coefficient (Wildman–Crippen LogP) is 7.87. The number of halogens is 3. The summed E-state index contributed by atoms with van der Waals surface area (Å²) >= 11 is 7.40. The predicted molar refractivity (Wildman–Crippen MR) is 133 cm³/mol. The molecule has 0 spiro atoms. The van der Waals surface area contributed by atoms with Crippen LogP contribution in [-0.4, -0.2) is 21.8 Å². The van der Waals surface area contributed by atoms with Gasteiger partial charge in [0.05, 0.1) is 15.1 Å². The monoisotopic (exact) mass is 496 g/mol. The SMILES string of the molecule is O=C(c1sc2c(F)ccc(F)c2c1Cl)N(Cc1cccc(-c2ccncc2)c1)C1CCCCC1. The van der Waals surface area contributed by atoms with E-state index in [1.807, 2.05) is 35.2 Å². The Bertz CT molecular complexity index is 1340. The lowest BCUT2D eigenvalue weighted by molar-refractivity contribution is 0.0619. The summed E-state index contributed by atoms with van der Waals surface area (Å²) in [7, 11) is 0. The maximum absolute atomic E-state index is 14.4. The molecule has 34 heavy (non-hydrogen) atoms. The van der Waals surface area contributed by atoms with Crippen LogP contribution in [-0.2, 0) is 6.54 Å². The highest BCUT2D eigenvalue weighted by atomic mass is 35.5. The molecule has 1 saturated carbocycles. The van der Waals surface area contributed by atoms with Crippen LogP contribution >= 0.6 is 22.9 Å². The van der Waals surface area contributed by atoms with E-state index in [9.17, 15) is 13.6 Å². The molecule has 7 heteroatoms. The Balaban J connectivity index is 1.52. The summed E-state index contributed by atoms with van der Waals surface area (Å²) in [5.74, 6) is -1.46. The molecule has 0 bridgehead atoms. The molecule has 2 aromatic carbocycles. The molecule has 1 fully saturated rings. The Labute approximate surface area is 206 Å². The second-order valence-electron chi connectivity index (χ2n) is 8.64. The summed E-state index contributed by atoms with van der Waals surface area (Å²) in [6.07, 6.45) is 8.56. The number of hydrogen-bond donors (Lipinski definition) is 0. The van der Waals surface area contributed by atoms with Gasteiger partial charge in [-0.1, -0.05) is 49.1 Å². The van der Waals surface area contributed by atoms with E-state index in [1.165, 1.54) is 0 Å². The van der Waals surface area contributed by atoms with E-state index in [-0.39, 0.29) is 31.9 Å². The minimum absolute atomic E-state index is 0.00616. The molecule has 174 valence electrons. The van der Waals surface area contributed by atoms with Gasteiger partial charge in [-0.3, -0.25) is 9.78 Å². The van der Waals surface area contributed by atoms with Crippen LogP contribution in [0.5, 0.6) is 0 Å². The van der Waals surface area contributed by atoms with Crippen molar-refractivity contribution in [1.29, 1.82) is 0 Å². The van der Waals surface area contributed by atoms with Gasteiger partial charge in [-0.25, -0.2) is 8.78 Å². The molecule has 5 rings (SSSR count). The Kier molecular flexibility index (Phi) is 6.61. The molecule has 0 aliphatic heterocycles. The average Bonchev–Trinajstić information content (AvgIpc) is 3.24. The lowest BCUT2D eigenvalue weighted by Crippen LogP contribution is -2.40. The van der Waals surface area contributed by atoms with Crippen LogP contribution in [0.3, 0.4) is 0 Å². The van der Waals surface area contributed by atoms with Crippen molar-refractivity contribution in [1.82, 2.24) is 9.88 Å². The first kappa shape index (κ1) is 22.9. The molecule has 1 amide bonds. The van der Waals surface area contributed by atoms with E-state index >= 15 is 0 Å². The molecule has 2 aromatic heterocycles. The van der Waals surface area contributed by atoms with Crippen molar-refractivity contribution in [2.45, 2.75) is 44.7 Å². The topological polar surface area (TPSA) is 33.2 Å². The molecule has 0 saturated heterocycles. The summed E-state index contributed by atoms with van der Waals surface area (Å²) in [5.41, 5.74) is 3.08. The maximum Gasteiger partial charge on any atom is 0.266 e. The number of aromatic nitrogens is 1. The van der Waals surface area contributed by atoms with Crippen molar-refractivity contribution < 1.29 is 13.6 Å². The van der Waals surface area contributed by atoms with Gasteiger partial charge in [0.1, 0.15) is 16.5 Å². The zero-order valence-corrected chi connectivity index (χ0v) is 20.0. The number of amides is 1. The molecule has 0 radical (unpaired) electrons. The highest BCUT2D eigenvalue weighted by Gasteiger charge is 2.30. The Morgan fingerprint density at radius 1 is 1.00 bits per heavy atom. The number of nitrogens with zero attached hydrogens (tertiary/aromatic N) is 2. The molecule has 0 unspecified atom stereocenters. The van der Waals surface area contributed by atoms with Crippen molar-refractivity contribution in [3.63, 3.8) is 0 Å². The van der Waals surface area contributed by atoms with E-state index in [0.29, 0.717) is 6.54 Å². The molecular formula is C27H23ClF2N2OS. The molecule has 2 heterocycles. The zero-order chi connectivity index (χ0) is 23.7. The van der Waals surface area contributed by atoms with Gasteiger partial charge in [-0.05, 0) is 59.9 Å². The third-order valence-corrected chi connectivity index (χ3v) is 8.12. The van der Waals surface area contributed by atoms with E-state index in [4.69, 9.17) is 11.6 Å². The van der Waals surface area contributed by atoms with Gasteiger partial charge >= 0.3 is 0 Å². The summed E-state index contributed by atoms with van der Waals surface area (Å²) < 4.78 is 28.9. The fraction of sp³-hybridized carbons (Fsp3) is 0.259. The normalized spacial score (nSPS) is 14.4. The van der Waals surface area contributed by atoms with Gasteiger partial charge in [0, 0.05) is 25.0 Å². The minimum Gasteiger partial charge on any atom is -0.331 e.